The molecule has 3 aromatic rings. The zero-order valence-electron chi connectivity index (χ0n) is 17.9. The normalized spacial score (nSPS) is 21.7. The molecule has 0 spiro atoms. The standard InChI is InChI=1S/C22H25N7O3/c1-12(2)27-8-7-18(25-27)24-22(32)17-10-13-9-16(13)29(17)19(30)11-28-15-6-4-3-5-14(15)20(26-28)21(23)31/h3-8,12-13,16-17H,9-11H2,1-2H3,(H2,23,31)(H,24,25,32)/t13?,16-,17+/m1/s1. The van der Waals surface area contributed by atoms with Gasteiger partial charge in [-0.25, -0.2) is 0 Å². The molecule has 2 fully saturated rings. The third kappa shape index (κ3) is 3.41. The monoisotopic (exact) mass is 435 g/mol. The van der Waals surface area contributed by atoms with Gasteiger partial charge < -0.3 is 16.0 Å². The largest absolute Gasteiger partial charge is 0.364 e. The molecule has 3 N–H and O–H groups in total. The molecule has 2 aromatic heterocycles. The molecule has 1 saturated heterocycles. The molecule has 1 aliphatic heterocycles. The maximum Gasteiger partial charge on any atom is 0.269 e. The molecular formula is C22H25N7O3. The summed E-state index contributed by atoms with van der Waals surface area (Å²) >= 11 is 0. The predicted molar refractivity (Wildman–Crippen MR) is 117 cm³/mol. The summed E-state index contributed by atoms with van der Waals surface area (Å²) in [5.41, 5.74) is 6.25. The number of piperidine rings is 1. The number of hydrogen-bond acceptors (Lipinski definition) is 5. The second kappa shape index (κ2) is 7.47. The van der Waals surface area contributed by atoms with Gasteiger partial charge in [-0.3, -0.25) is 23.7 Å². The highest BCUT2D eigenvalue weighted by Crippen LogP contribution is 2.48. The van der Waals surface area contributed by atoms with E-state index in [0.717, 1.165) is 6.42 Å². The fourth-order valence-corrected chi connectivity index (χ4v) is 4.59. The molecule has 166 valence electrons. The van der Waals surface area contributed by atoms with E-state index < -0.39 is 11.9 Å². The molecule has 5 rings (SSSR count). The van der Waals surface area contributed by atoms with E-state index in [1.807, 2.05) is 26.1 Å². The van der Waals surface area contributed by atoms with Crippen LogP contribution in [0.2, 0.25) is 0 Å². The van der Waals surface area contributed by atoms with E-state index in [2.05, 4.69) is 15.5 Å². The van der Waals surface area contributed by atoms with Crippen LogP contribution in [0.1, 0.15) is 43.2 Å². The zero-order valence-corrected chi connectivity index (χ0v) is 17.9. The Bertz CT molecular complexity index is 1230. The van der Waals surface area contributed by atoms with Crippen LogP contribution in [-0.2, 0) is 16.1 Å². The first kappa shape index (κ1) is 20.2. The SMILES string of the molecule is CC(C)n1ccc(NC(=O)[C@@H]2CC3C[C@H]3N2C(=O)Cn2nc(C(N)=O)c3ccccc32)n1. The Kier molecular flexibility index (Phi) is 4.72. The summed E-state index contributed by atoms with van der Waals surface area (Å²) in [6.07, 6.45) is 3.36. The van der Waals surface area contributed by atoms with Crippen molar-refractivity contribution in [1.82, 2.24) is 24.5 Å². The summed E-state index contributed by atoms with van der Waals surface area (Å²) in [7, 11) is 0. The Hall–Kier alpha value is -3.69. The van der Waals surface area contributed by atoms with E-state index in [1.165, 1.54) is 4.68 Å². The summed E-state index contributed by atoms with van der Waals surface area (Å²) < 4.78 is 3.26. The molecule has 3 heterocycles. The highest BCUT2D eigenvalue weighted by molar-refractivity contribution is 6.04. The van der Waals surface area contributed by atoms with Crippen LogP contribution in [0, 0.1) is 5.92 Å². The molecule has 1 aromatic carbocycles. The summed E-state index contributed by atoms with van der Waals surface area (Å²) in [6, 6.07) is 8.61. The third-order valence-corrected chi connectivity index (χ3v) is 6.26. The number of benzene rings is 1. The van der Waals surface area contributed by atoms with Gasteiger partial charge in [-0.1, -0.05) is 18.2 Å². The molecule has 1 unspecified atom stereocenters. The number of nitrogens with one attached hydrogen (secondary N) is 1. The van der Waals surface area contributed by atoms with Gasteiger partial charge in [0, 0.05) is 29.7 Å². The Balaban J connectivity index is 1.35. The topological polar surface area (TPSA) is 128 Å². The van der Waals surface area contributed by atoms with Crippen molar-refractivity contribution in [2.75, 3.05) is 5.32 Å². The van der Waals surface area contributed by atoms with Crippen LogP contribution >= 0.6 is 0 Å². The van der Waals surface area contributed by atoms with Gasteiger partial charge in [0.2, 0.25) is 11.8 Å². The van der Waals surface area contributed by atoms with Gasteiger partial charge >= 0.3 is 0 Å². The lowest BCUT2D eigenvalue weighted by Crippen LogP contribution is -2.46. The van der Waals surface area contributed by atoms with Crippen LogP contribution in [0.5, 0.6) is 0 Å². The highest BCUT2D eigenvalue weighted by atomic mass is 16.2. The molecule has 1 saturated carbocycles. The number of rotatable bonds is 6. The average Bonchev–Trinajstić information content (AvgIpc) is 3.10. The number of carbonyl (C=O) groups is 3. The number of likely N-dealkylation sites (tertiary alicyclic amines) is 1. The van der Waals surface area contributed by atoms with Crippen molar-refractivity contribution >= 4 is 34.4 Å². The van der Waals surface area contributed by atoms with E-state index >= 15 is 0 Å². The third-order valence-electron chi connectivity index (χ3n) is 6.26. The van der Waals surface area contributed by atoms with Crippen molar-refractivity contribution < 1.29 is 14.4 Å². The van der Waals surface area contributed by atoms with Crippen LogP contribution < -0.4 is 11.1 Å². The lowest BCUT2D eigenvalue weighted by atomic mass is 10.1. The number of primary amides is 1. The van der Waals surface area contributed by atoms with Gasteiger partial charge in [-0.15, -0.1) is 0 Å². The van der Waals surface area contributed by atoms with E-state index in [-0.39, 0.29) is 36.1 Å². The van der Waals surface area contributed by atoms with Crippen molar-refractivity contribution in [2.45, 2.75) is 51.4 Å². The predicted octanol–water partition coefficient (Wildman–Crippen LogP) is 1.54. The van der Waals surface area contributed by atoms with Crippen LogP contribution in [0.15, 0.2) is 36.5 Å². The fraction of sp³-hybridized carbons (Fsp3) is 0.409. The lowest BCUT2D eigenvalue weighted by Gasteiger charge is -2.26. The first-order valence-electron chi connectivity index (χ1n) is 10.8. The number of hydrogen-bond donors (Lipinski definition) is 2. The molecule has 2 aliphatic rings. The molecule has 10 heteroatoms. The van der Waals surface area contributed by atoms with Crippen molar-refractivity contribution in [1.29, 1.82) is 0 Å². The Morgan fingerprint density at radius 3 is 2.66 bits per heavy atom. The first-order chi connectivity index (χ1) is 15.3. The number of amides is 3. The van der Waals surface area contributed by atoms with Crippen molar-refractivity contribution in [3.63, 3.8) is 0 Å². The minimum atomic E-state index is -0.645. The van der Waals surface area contributed by atoms with Crippen molar-refractivity contribution in [3.8, 4) is 0 Å². The van der Waals surface area contributed by atoms with Gasteiger partial charge in [-0.2, -0.15) is 10.2 Å². The van der Waals surface area contributed by atoms with Gasteiger partial charge in [0.25, 0.3) is 5.91 Å². The summed E-state index contributed by atoms with van der Waals surface area (Å²) in [5.74, 6) is -0.261. The average molecular weight is 435 g/mol. The Labute approximate surface area is 184 Å². The molecule has 3 atom stereocenters. The Morgan fingerprint density at radius 2 is 1.94 bits per heavy atom. The Morgan fingerprint density at radius 1 is 1.16 bits per heavy atom. The fourth-order valence-electron chi connectivity index (χ4n) is 4.59. The summed E-state index contributed by atoms with van der Waals surface area (Å²) in [4.78, 5) is 39.7. The minimum Gasteiger partial charge on any atom is -0.364 e. The van der Waals surface area contributed by atoms with E-state index in [1.54, 1.807) is 33.8 Å². The zero-order chi connectivity index (χ0) is 22.6. The van der Waals surface area contributed by atoms with E-state index in [0.29, 0.717) is 29.1 Å². The van der Waals surface area contributed by atoms with Gasteiger partial charge in [0.15, 0.2) is 11.5 Å². The van der Waals surface area contributed by atoms with Gasteiger partial charge in [-0.05, 0) is 38.7 Å². The second-order valence-corrected chi connectivity index (χ2v) is 8.77. The molecule has 1 aliphatic carbocycles. The smallest absolute Gasteiger partial charge is 0.269 e. The van der Waals surface area contributed by atoms with E-state index in [9.17, 15) is 14.4 Å². The van der Waals surface area contributed by atoms with Crippen molar-refractivity contribution in [3.05, 3.63) is 42.2 Å². The number of nitrogens with zero attached hydrogens (tertiary/aromatic N) is 5. The number of carbonyl (C=O) groups excluding carboxylic acids is 3. The highest BCUT2D eigenvalue weighted by Gasteiger charge is 2.56. The van der Waals surface area contributed by atoms with Crippen LogP contribution in [0.3, 0.4) is 0 Å². The molecular weight excluding hydrogens is 410 g/mol. The van der Waals surface area contributed by atoms with Gasteiger partial charge in [0.05, 0.1) is 5.52 Å². The molecule has 32 heavy (non-hydrogen) atoms. The lowest BCUT2D eigenvalue weighted by molar-refractivity contribution is -0.138. The maximum atomic E-state index is 13.3. The number of nitrogens with two attached hydrogens (primary N) is 1. The maximum absolute atomic E-state index is 13.3. The number of aromatic nitrogens is 4. The van der Waals surface area contributed by atoms with Crippen molar-refractivity contribution in [2.24, 2.45) is 11.7 Å². The number of para-hydroxylation sites is 1. The summed E-state index contributed by atoms with van der Waals surface area (Å²) in [6.45, 7) is 3.95. The first-order valence-corrected chi connectivity index (χ1v) is 10.8. The van der Waals surface area contributed by atoms with Crippen LogP contribution in [0.25, 0.3) is 10.9 Å². The quantitative estimate of drug-likeness (QED) is 0.607. The second-order valence-electron chi connectivity index (χ2n) is 8.77. The molecule has 0 radical (unpaired) electrons. The molecule has 0 bridgehead atoms. The minimum absolute atomic E-state index is 0.0667. The van der Waals surface area contributed by atoms with E-state index in [4.69, 9.17) is 5.73 Å². The summed E-state index contributed by atoms with van der Waals surface area (Å²) in [5, 5.41) is 12.1. The molecule has 3 amide bonds. The van der Waals surface area contributed by atoms with Crippen LogP contribution in [0.4, 0.5) is 5.82 Å². The van der Waals surface area contributed by atoms with Gasteiger partial charge in [0.1, 0.15) is 12.6 Å². The van der Waals surface area contributed by atoms with Crippen LogP contribution in [-0.4, -0.2) is 54.3 Å². The number of anilines is 1. The molecule has 10 nitrogen and oxygen atoms in total. The number of fused-ring (bicyclic) bond motifs is 2.